The molecule has 166 valence electrons. The molecule has 2 atom stereocenters. The van der Waals surface area contributed by atoms with Crippen molar-refractivity contribution < 1.29 is 14.3 Å². The van der Waals surface area contributed by atoms with Crippen molar-refractivity contribution in [2.75, 3.05) is 5.32 Å². The molecule has 1 fully saturated rings. The van der Waals surface area contributed by atoms with Gasteiger partial charge < -0.3 is 10.1 Å². The zero-order valence-corrected chi connectivity index (χ0v) is 20.0. The summed E-state index contributed by atoms with van der Waals surface area (Å²) >= 11 is 1.44. The van der Waals surface area contributed by atoms with Gasteiger partial charge >= 0.3 is 5.97 Å². The Kier molecular flexibility index (Phi) is 6.20. The summed E-state index contributed by atoms with van der Waals surface area (Å²) in [6, 6.07) is 16.3. The first kappa shape index (κ1) is 22.3. The Balaban J connectivity index is 1.68. The van der Waals surface area contributed by atoms with Gasteiger partial charge in [0.15, 0.2) is 0 Å². The lowest BCUT2D eigenvalue weighted by atomic mass is 9.95. The number of thiophene rings is 1. The van der Waals surface area contributed by atoms with Crippen LogP contribution in [0.15, 0.2) is 48.5 Å². The number of esters is 1. The summed E-state index contributed by atoms with van der Waals surface area (Å²) in [4.78, 5) is 27.2. The number of amides is 1. The largest absolute Gasteiger partial charge is 0.459 e. The summed E-state index contributed by atoms with van der Waals surface area (Å²) in [5.41, 5.74) is 5.70. The third kappa shape index (κ3) is 4.49. The molecule has 1 aliphatic carbocycles. The van der Waals surface area contributed by atoms with Gasteiger partial charge in [0.1, 0.15) is 10.6 Å². The van der Waals surface area contributed by atoms with Gasteiger partial charge in [-0.1, -0.05) is 54.1 Å². The number of hydrogen-bond acceptors (Lipinski definition) is 4. The van der Waals surface area contributed by atoms with Crippen LogP contribution < -0.4 is 5.32 Å². The fourth-order valence-electron chi connectivity index (χ4n) is 4.19. The van der Waals surface area contributed by atoms with E-state index in [0.717, 1.165) is 33.6 Å². The van der Waals surface area contributed by atoms with E-state index in [0.29, 0.717) is 10.6 Å². The average Bonchev–Trinajstić information content (AvgIpc) is 3.48. The molecule has 1 aromatic heterocycles. The normalized spacial score (nSPS) is 17.3. The highest BCUT2D eigenvalue weighted by atomic mass is 32.1. The lowest BCUT2D eigenvalue weighted by molar-refractivity contribution is -0.117. The number of carbonyl (C=O) groups excluding carboxylic acids is 2. The van der Waals surface area contributed by atoms with Gasteiger partial charge in [0.25, 0.3) is 0 Å². The van der Waals surface area contributed by atoms with E-state index in [-0.39, 0.29) is 23.8 Å². The molecule has 2 aromatic carbocycles. The number of rotatable bonds is 6. The van der Waals surface area contributed by atoms with Crippen molar-refractivity contribution >= 4 is 28.2 Å². The topological polar surface area (TPSA) is 55.4 Å². The molecule has 4 rings (SSSR count). The average molecular weight is 448 g/mol. The molecule has 1 aliphatic rings. The van der Waals surface area contributed by atoms with E-state index >= 15 is 0 Å². The third-order valence-corrected chi connectivity index (χ3v) is 6.91. The van der Waals surface area contributed by atoms with Crippen LogP contribution in [0.5, 0.6) is 0 Å². The van der Waals surface area contributed by atoms with Crippen molar-refractivity contribution in [3.63, 3.8) is 0 Å². The Morgan fingerprint density at radius 2 is 1.78 bits per heavy atom. The number of anilines is 1. The molecule has 4 nitrogen and oxygen atoms in total. The second-order valence-electron chi connectivity index (χ2n) is 8.86. The van der Waals surface area contributed by atoms with E-state index in [9.17, 15) is 9.59 Å². The maximum absolute atomic E-state index is 13.2. The summed E-state index contributed by atoms with van der Waals surface area (Å²) < 4.78 is 5.59. The molecule has 1 heterocycles. The standard InChI is InChI=1S/C27H29NO3S/c1-15(2)31-27(30)24-23(20-13-16(3)11-12-17(20)4)18(5)32-26(24)28-25(29)22-14-21(22)19-9-7-6-8-10-19/h6-13,15,21-22H,14H2,1-5H3,(H,28,29)/t21-,22+/m0/s1. The molecule has 0 spiro atoms. The van der Waals surface area contributed by atoms with Crippen molar-refractivity contribution in [1.29, 1.82) is 0 Å². The summed E-state index contributed by atoms with van der Waals surface area (Å²) in [5, 5.41) is 3.65. The van der Waals surface area contributed by atoms with E-state index < -0.39 is 5.97 Å². The minimum Gasteiger partial charge on any atom is -0.459 e. The summed E-state index contributed by atoms with van der Waals surface area (Å²) in [6.45, 7) is 9.74. The van der Waals surface area contributed by atoms with Crippen molar-refractivity contribution in [3.05, 3.63) is 75.7 Å². The summed E-state index contributed by atoms with van der Waals surface area (Å²) in [6.07, 6.45) is 0.583. The molecule has 0 aliphatic heterocycles. The van der Waals surface area contributed by atoms with Gasteiger partial charge in [0.2, 0.25) is 5.91 Å². The first-order valence-electron chi connectivity index (χ1n) is 11.0. The smallest absolute Gasteiger partial charge is 0.342 e. The van der Waals surface area contributed by atoms with Gasteiger partial charge in [-0.15, -0.1) is 11.3 Å². The number of carbonyl (C=O) groups is 2. The molecule has 1 amide bonds. The summed E-state index contributed by atoms with van der Waals surface area (Å²) in [7, 11) is 0. The molecular weight excluding hydrogens is 418 g/mol. The zero-order valence-electron chi connectivity index (χ0n) is 19.2. The molecule has 1 saturated carbocycles. The summed E-state index contributed by atoms with van der Waals surface area (Å²) in [5.74, 6) is -0.267. The van der Waals surface area contributed by atoms with E-state index in [1.807, 2.05) is 52.8 Å². The molecule has 3 aromatic rings. The van der Waals surface area contributed by atoms with Crippen LogP contribution in [0, 0.1) is 26.7 Å². The lowest BCUT2D eigenvalue weighted by Crippen LogP contribution is -2.18. The fourth-order valence-corrected chi connectivity index (χ4v) is 5.25. The second-order valence-corrected chi connectivity index (χ2v) is 10.1. The Morgan fingerprint density at radius 3 is 2.47 bits per heavy atom. The Hall–Kier alpha value is -2.92. The van der Waals surface area contributed by atoms with Crippen LogP contribution >= 0.6 is 11.3 Å². The van der Waals surface area contributed by atoms with Crippen LogP contribution in [0.4, 0.5) is 5.00 Å². The molecule has 1 N–H and O–H groups in total. The van der Waals surface area contributed by atoms with Crippen molar-refractivity contribution in [1.82, 2.24) is 0 Å². The fraction of sp³-hybridized carbons (Fsp3) is 0.333. The first-order valence-corrected chi connectivity index (χ1v) is 11.9. The maximum Gasteiger partial charge on any atom is 0.342 e. The van der Waals surface area contributed by atoms with E-state index in [2.05, 4.69) is 35.6 Å². The zero-order chi connectivity index (χ0) is 23.0. The van der Waals surface area contributed by atoms with Crippen LogP contribution in [-0.4, -0.2) is 18.0 Å². The van der Waals surface area contributed by atoms with E-state index in [1.165, 1.54) is 16.9 Å². The molecule has 0 saturated heterocycles. The van der Waals surface area contributed by atoms with Crippen LogP contribution in [0.25, 0.3) is 11.1 Å². The molecule has 0 radical (unpaired) electrons. The van der Waals surface area contributed by atoms with Crippen LogP contribution in [0.3, 0.4) is 0 Å². The highest BCUT2D eigenvalue weighted by molar-refractivity contribution is 7.17. The first-order chi connectivity index (χ1) is 15.3. The number of hydrogen-bond donors (Lipinski definition) is 1. The Bertz CT molecular complexity index is 1160. The molecule has 32 heavy (non-hydrogen) atoms. The van der Waals surface area contributed by atoms with Gasteiger partial charge in [0, 0.05) is 16.4 Å². The van der Waals surface area contributed by atoms with Gasteiger partial charge in [-0.25, -0.2) is 4.79 Å². The number of nitrogens with one attached hydrogen (secondary N) is 1. The van der Waals surface area contributed by atoms with E-state index in [4.69, 9.17) is 4.74 Å². The van der Waals surface area contributed by atoms with Crippen molar-refractivity contribution in [3.8, 4) is 11.1 Å². The van der Waals surface area contributed by atoms with Gasteiger partial charge in [-0.05, 0) is 63.6 Å². The van der Waals surface area contributed by atoms with Crippen LogP contribution in [0.1, 0.15) is 58.1 Å². The predicted octanol–water partition coefficient (Wildman–Crippen LogP) is 6.65. The minimum absolute atomic E-state index is 0.0359. The molecule has 0 bridgehead atoms. The molecule has 0 unspecified atom stereocenters. The highest BCUT2D eigenvalue weighted by Gasteiger charge is 2.44. The number of benzene rings is 2. The van der Waals surface area contributed by atoms with E-state index in [1.54, 1.807) is 0 Å². The highest BCUT2D eigenvalue weighted by Crippen LogP contribution is 2.49. The lowest BCUT2D eigenvalue weighted by Gasteiger charge is -2.13. The Labute approximate surface area is 193 Å². The van der Waals surface area contributed by atoms with Gasteiger partial charge in [-0.2, -0.15) is 0 Å². The number of aryl methyl sites for hydroxylation is 3. The van der Waals surface area contributed by atoms with Crippen LogP contribution in [0.2, 0.25) is 0 Å². The van der Waals surface area contributed by atoms with Crippen LogP contribution in [-0.2, 0) is 9.53 Å². The van der Waals surface area contributed by atoms with Gasteiger partial charge in [-0.3, -0.25) is 4.79 Å². The monoisotopic (exact) mass is 447 g/mol. The number of ether oxygens (including phenoxy) is 1. The third-order valence-electron chi connectivity index (χ3n) is 5.89. The molecular formula is C27H29NO3S. The maximum atomic E-state index is 13.2. The SMILES string of the molecule is Cc1ccc(C)c(-c2c(C)sc(NC(=O)[C@@H]3C[C@H]3c3ccccc3)c2C(=O)OC(C)C)c1. The molecule has 5 heteroatoms. The second kappa shape index (κ2) is 8.91. The quantitative estimate of drug-likeness (QED) is 0.431. The predicted molar refractivity (Wildman–Crippen MR) is 130 cm³/mol. The van der Waals surface area contributed by atoms with Crippen molar-refractivity contribution in [2.24, 2.45) is 5.92 Å². The van der Waals surface area contributed by atoms with Crippen molar-refractivity contribution in [2.45, 2.75) is 53.1 Å². The minimum atomic E-state index is -0.397. The Morgan fingerprint density at radius 1 is 1.06 bits per heavy atom. The van der Waals surface area contributed by atoms with Gasteiger partial charge in [0.05, 0.1) is 6.10 Å².